The van der Waals surface area contributed by atoms with Crippen LogP contribution in [0.25, 0.3) is 0 Å². The molecule has 0 radical (unpaired) electrons. The standard InChI is InChI=1S/C13H16BrN3O4/c1-2-15-13(18)12-8-21-6-5-16(12)10-4-3-9(14)7-11(10)17(19)20/h3-4,7,12H,2,5-6,8H2,1H3,(H,15,18). The molecule has 114 valence electrons. The van der Waals surface area contributed by atoms with Crippen molar-refractivity contribution >= 4 is 33.2 Å². The van der Waals surface area contributed by atoms with Crippen molar-refractivity contribution in [1.82, 2.24) is 5.32 Å². The number of anilines is 1. The number of benzene rings is 1. The van der Waals surface area contributed by atoms with E-state index in [9.17, 15) is 14.9 Å². The summed E-state index contributed by atoms with van der Waals surface area (Å²) in [6.07, 6.45) is 0. The van der Waals surface area contributed by atoms with Gasteiger partial charge in [-0.15, -0.1) is 0 Å². The van der Waals surface area contributed by atoms with Crippen LogP contribution >= 0.6 is 15.9 Å². The number of morpholine rings is 1. The summed E-state index contributed by atoms with van der Waals surface area (Å²) in [6.45, 7) is 3.42. The number of nitro groups is 1. The first-order chi connectivity index (χ1) is 10.0. The summed E-state index contributed by atoms with van der Waals surface area (Å²) in [5, 5.41) is 14.0. The first-order valence-electron chi connectivity index (χ1n) is 6.60. The number of nitrogens with one attached hydrogen (secondary N) is 1. The first-order valence-corrected chi connectivity index (χ1v) is 7.40. The van der Waals surface area contributed by atoms with Crippen molar-refractivity contribution in [2.45, 2.75) is 13.0 Å². The SMILES string of the molecule is CCNC(=O)C1COCCN1c1ccc(Br)cc1[N+](=O)[O-]. The molecule has 1 fully saturated rings. The van der Waals surface area contributed by atoms with Gasteiger partial charge in [-0.05, 0) is 19.1 Å². The molecule has 0 saturated carbocycles. The van der Waals surface area contributed by atoms with Gasteiger partial charge in [0, 0.05) is 23.6 Å². The average molecular weight is 358 g/mol. The number of nitro benzene ring substituents is 1. The molecule has 0 aromatic heterocycles. The highest BCUT2D eigenvalue weighted by molar-refractivity contribution is 9.10. The van der Waals surface area contributed by atoms with Crippen LogP contribution in [0.15, 0.2) is 22.7 Å². The molecule has 1 aliphatic rings. The Morgan fingerprint density at radius 3 is 3.05 bits per heavy atom. The lowest BCUT2D eigenvalue weighted by atomic mass is 10.1. The van der Waals surface area contributed by atoms with E-state index < -0.39 is 11.0 Å². The number of likely N-dealkylation sites (N-methyl/N-ethyl adjacent to an activating group) is 1. The van der Waals surface area contributed by atoms with Gasteiger partial charge in [0.15, 0.2) is 0 Å². The first kappa shape index (κ1) is 15.7. The van der Waals surface area contributed by atoms with E-state index in [0.29, 0.717) is 29.9 Å². The largest absolute Gasteiger partial charge is 0.377 e. The zero-order valence-corrected chi connectivity index (χ0v) is 13.1. The molecule has 2 rings (SSSR count). The average Bonchev–Trinajstić information content (AvgIpc) is 2.47. The van der Waals surface area contributed by atoms with Crippen molar-refractivity contribution in [3.05, 3.63) is 32.8 Å². The molecule has 1 heterocycles. The summed E-state index contributed by atoms with van der Waals surface area (Å²) in [7, 11) is 0. The number of rotatable bonds is 4. The lowest BCUT2D eigenvalue weighted by Crippen LogP contribution is -2.54. The molecule has 8 heteroatoms. The third-order valence-electron chi connectivity index (χ3n) is 3.23. The van der Waals surface area contributed by atoms with Crippen LogP contribution in [0.1, 0.15) is 6.92 Å². The van der Waals surface area contributed by atoms with E-state index in [0.717, 1.165) is 0 Å². The summed E-state index contributed by atoms with van der Waals surface area (Å²) >= 11 is 3.23. The third-order valence-corrected chi connectivity index (χ3v) is 3.72. The van der Waals surface area contributed by atoms with Gasteiger partial charge in [0.05, 0.1) is 18.1 Å². The van der Waals surface area contributed by atoms with E-state index in [1.54, 1.807) is 17.0 Å². The molecule has 0 aliphatic carbocycles. The van der Waals surface area contributed by atoms with Crippen LogP contribution in [0, 0.1) is 10.1 Å². The van der Waals surface area contributed by atoms with Crippen molar-refractivity contribution in [1.29, 1.82) is 0 Å². The topological polar surface area (TPSA) is 84.7 Å². The van der Waals surface area contributed by atoms with Gasteiger partial charge >= 0.3 is 0 Å². The second-order valence-corrected chi connectivity index (χ2v) is 5.48. The predicted octanol–water partition coefficient (Wildman–Crippen LogP) is 1.70. The minimum atomic E-state index is -0.557. The molecular weight excluding hydrogens is 342 g/mol. The predicted molar refractivity (Wildman–Crippen MR) is 81.4 cm³/mol. The van der Waals surface area contributed by atoms with Crippen LogP contribution in [0.5, 0.6) is 0 Å². The fourth-order valence-corrected chi connectivity index (χ4v) is 2.64. The van der Waals surface area contributed by atoms with Crippen LogP contribution in [-0.4, -0.2) is 43.2 Å². The molecule has 1 amide bonds. The maximum Gasteiger partial charge on any atom is 0.293 e. The molecule has 0 bridgehead atoms. The molecule has 21 heavy (non-hydrogen) atoms. The van der Waals surface area contributed by atoms with Gasteiger partial charge in [-0.25, -0.2) is 0 Å². The highest BCUT2D eigenvalue weighted by Gasteiger charge is 2.33. The highest BCUT2D eigenvalue weighted by atomic mass is 79.9. The number of hydrogen-bond donors (Lipinski definition) is 1. The van der Waals surface area contributed by atoms with Gasteiger partial charge < -0.3 is 15.0 Å². The van der Waals surface area contributed by atoms with Crippen LogP contribution in [0.3, 0.4) is 0 Å². The number of halogens is 1. The van der Waals surface area contributed by atoms with Gasteiger partial charge in [-0.1, -0.05) is 15.9 Å². The van der Waals surface area contributed by atoms with Crippen LogP contribution in [-0.2, 0) is 9.53 Å². The van der Waals surface area contributed by atoms with Crippen LogP contribution < -0.4 is 10.2 Å². The summed E-state index contributed by atoms with van der Waals surface area (Å²) in [4.78, 5) is 24.7. The Bertz CT molecular complexity index is 552. The van der Waals surface area contributed by atoms with Gasteiger partial charge in [0.25, 0.3) is 5.69 Å². The Morgan fingerprint density at radius 1 is 1.62 bits per heavy atom. The van der Waals surface area contributed by atoms with E-state index in [-0.39, 0.29) is 18.2 Å². The van der Waals surface area contributed by atoms with E-state index in [4.69, 9.17) is 4.74 Å². The molecule has 1 aromatic carbocycles. The summed E-state index contributed by atoms with van der Waals surface area (Å²) in [5.74, 6) is -0.186. The number of amides is 1. The Kier molecular flexibility index (Phi) is 5.13. The minimum Gasteiger partial charge on any atom is -0.377 e. The fourth-order valence-electron chi connectivity index (χ4n) is 2.29. The maximum absolute atomic E-state index is 12.1. The number of carbonyl (C=O) groups excluding carboxylic acids is 1. The Labute approximate surface area is 130 Å². The number of hydrogen-bond acceptors (Lipinski definition) is 5. The highest BCUT2D eigenvalue weighted by Crippen LogP contribution is 2.33. The Morgan fingerprint density at radius 2 is 2.38 bits per heavy atom. The second-order valence-electron chi connectivity index (χ2n) is 4.57. The van der Waals surface area contributed by atoms with E-state index in [1.165, 1.54) is 6.07 Å². The molecule has 1 aliphatic heterocycles. The summed E-state index contributed by atoms with van der Waals surface area (Å²) in [6, 6.07) is 4.27. The third kappa shape index (κ3) is 3.51. The fraction of sp³-hybridized carbons (Fsp3) is 0.462. The summed E-state index contributed by atoms with van der Waals surface area (Å²) < 4.78 is 5.97. The molecule has 1 unspecified atom stereocenters. The number of nitrogens with zero attached hydrogens (tertiary/aromatic N) is 2. The zero-order chi connectivity index (χ0) is 15.4. The van der Waals surface area contributed by atoms with Gasteiger partial charge in [-0.3, -0.25) is 14.9 Å². The molecule has 1 atom stereocenters. The lowest BCUT2D eigenvalue weighted by molar-refractivity contribution is -0.384. The summed E-state index contributed by atoms with van der Waals surface area (Å²) in [5.41, 5.74) is 0.406. The Balaban J connectivity index is 2.37. The van der Waals surface area contributed by atoms with Gasteiger partial charge in [-0.2, -0.15) is 0 Å². The zero-order valence-electron chi connectivity index (χ0n) is 11.5. The van der Waals surface area contributed by atoms with Crippen molar-refractivity contribution in [2.75, 3.05) is 31.2 Å². The quantitative estimate of drug-likeness (QED) is 0.654. The van der Waals surface area contributed by atoms with E-state index >= 15 is 0 Å². The lowest BCUT2D eigenvalue weighted by Gasteiger charge is -2.35. The van der Waals surface area contributed by atoms with Gasteiger partial charge in [0.1, 0.15) is 11.7 Å². The van der Waals surface area contributed by atoms with Gasteiger partial charge in [0.2, 0.25) is 5.91 Å². The number of carbonyl (C=O) groups is 1. The second kappa shape index (κ2) is 6.86. The minimum absolute atomic E-state index is 0.0272. The molecular formula is C13H16BrN3O4. The van der Waals surface area contributed by atoms with Crippen molar-refractivity contribution in [2.24, 2.45) is 0 Å². The van der Waals surface area contributed by atoms with Crippen molar-refractivity contribution in [3.8, 4) is 0 Å². The van der Waals surface area contributed by atoms with Crippen LogP contribution in [0.2, 0.25) is 0 Å². The van der Waals surface area contributed by atoms with Crippen LogP contribution in [0.4, 0.5) is 11.4 Å². The molecule has 0 spiro atoms. The smallest absolute Gasteiger partial charge is 0.293 e. The molecule has 1 saturated heterocycles. The normalized spacial score (nSPS) is 18.4. The number of ether oxygens (including phenoxy) is 1. The monoisotopic (exact) mass is 357 g/mol. The van der Waals surface area contributed by atoms with E-state index in [1.807, 2.05) is 6.92 Å². The molecule has 1 N–H and O–H groups in total. The maximum atomic E-state index is 12.1. The molecule has 1 aromatic rings. The van der Waals surface area contributed by atoms with E-state index in [2.05, 4.69) is 21.2 Å². The molecule has 7 nitrogen and oxygen atoms in total. The van der Waals surface area contributed by atoms with Crippen molar-refractivity contribution < 1.29 is 14.5 Å². The van der Waals surface area contributed by atoms with Crippen molar-refractivity contribution in [3.63, 3.8) is 0 Å². The Hall–Kier alpha value is -1.67.